The zero-order chi connectivity index (χ0) is 37.1. The van der Waals surface area contributed by atoms with Crippen molar-refractivity contribution < 1.29 is 0 Å². The fraction of sp³-hybridized carbons (Fsp3) is 0.0192. The normalized spacial score (nSPS) is 12.8. The molecule has 0 N–H and O–H groups in total. The quantitative estimate of drug-likeness (QED) is 0.172. The van der Waals surface area contributed by atoms with Crippen molar-refractivity contribution in [3.8, 4) is 51.0 Å². The maximum absolute atomic E-state index is 5.06. The van der Waals surface area contributed by atoms with E-state index in [4.69, 9.17) is 15.0 Å². The minimum Gasteiger partial charge on any atom is -0.309 e. The second-order valence-electron chi connectivity index (χ2n) is 14.4. The maximum atomic E-state index is 5.06. The number of nitrogens with zero attached hydrogens (tertiary/aromatic N) is 4. The lowest BCUT2D eigenvalue weighted by molar-refractivity contribution is 0.769. The molecule has 0 bridgehead atoms. The molecule has 4 heteroatoms. The molecule has 0 aliphatic heterocycles. The van der Waals surface area contributed by atoms with E-state index in [1.165, 1.54) is 44.2 Å². The van der Waals surface area contributed by atoms with Crippen molar-refractivity contribution in [1.82, 2.24) is 19.5 Å². The molecule has 11 rings (SSSR count). The molecule has 1 aliphatic carbocycles. The minimum atomic E-state index is -0.475. The number of fused-ring (bicyclic) bond motifs is 7. The summed E-state index contributed by atoms with van der Waals surface area (Å²) < 4.78 is 2.40. The molecule has 1 aliphatic rings. The van der Waals surface area contributed by atoms with Crippen LogP contribution in [0.3, 0.4) is 0 Å². The molecule has 8 aromatic carbocycles. The van der Waals surface area contributed by atoms with Gasteiger partial charge in [0.05, 0.1) is 16.4 Å². The molecular formula is C52H34N4. The van der Waals surface area contributed by atoms with Crippen LogP contribution < -0.4 is 0 Å². The predicted octanol–water partition coefficient (Wildman–Crippen LogP) is 12.3. The van der Waals surface area contributed by atoms with Gasteiger partial charge in [0.2, 0.25) is 0 Å². The van der Waals surface area contributed by atoms with Gasteiger partial charge < -0.3 is 4.57 Å². The smallest absolute Gasteiger partial charge is 0.164 e. The van der Waals surface area contributed by atoms with Gasteiger partial charge in [-0.05, 0) is 57.6 Å². The summed E-state index contributed by atoms with van der Waals surface area (Å²) in [6.45, 7) is 0. The molecule has 10 aromatic rings. The summed E-state index contributed by atoms with van der Waals surface area (Å²) in [5.74, 6) is 1.92. The van der Waals surface area contributed by atoms with Gasteiger partial charge in [0.1, 0.15) is 0 Å². The molecule has 0 amide bonds. The molecule has 262 valence electrons. The Hall–Kier alpha value is -7.43. The van der Waals surface area contributed by atoms with Crippen molar-refractivity contribution in [3.05, 3.63) is 229 Å². The summed E-state index contributed by atoms with van der Waals surface area (Å²) in [4.78, 5) is 15.1. The van der Waals surface area contributed by atoms with Crippen LogP contribution in [0.5, 0.6) is 0 Å². The Morgan fingerprint density at radius 3 is 1.54 bits per heavy atom. The molecule has 0 fully saturated rings. The lowest BCUT2D eigenvalue weighted by Gasteiger charge is -2.33. The van der Waals surface area contributed by atoms with Crippen LogP contribution >= 0.6 is 0 Å². The molecule has 0 saturated heterocycles. The van der Waals surface area contributed by atoms with Crippen molar-refractivity contribution in [2.45, 2.75) is 5.41 Å². The summed E-state index contributed by atoms with van der Waals surface area (Å²) in [5.41, 5.74) is 13.4. The van der Waals surface area contributed by atoms with Crippen molar-refractivity contribution in [2.75, 3.05) is 0 Å². The highest BCUT2D eigenvalue weighted by molar-refractivity contribution is 6.18. The lowest BCUT2D eigenvalue weighted by Crippen LogP contribution is -2.28. The van der Waals surface area contributed by atoms with Crippen LogP contribution in [0.2, 0.25) is 0 Å². The van der Waals surface area contributed by atoms with E-state index in [1.54, 1.807) is 0 Å². The van der Waals surface area contributed by atoms with Crippen LogP contribution in [-0.4, -0.2) is 19.5 Å². The fourth-order valence-corrected chi connectivity index (χ4v) is 8.99. The van der Waals surface area contributed by atoms with Gasteiger partial charge in [0, 0.05) is 33.2 Å². The van der Waals surface area contributed by atoms with Gasteiger partial charge in [0.25, 0.3) is 0 Å². The number of rotatable bonds is 6. The van der Waals surface area contributed by atoms with Gasteiger partial charge in [-0.15, -0.1) is 0 Å². The molecule has 0 saturated carbocycles. The monoisotopic (exact) mass is 714 g/mol. The SMILES string of the molecule is c1ccc(-c2nc(-c3ccccc3)nc(-c3cccc(-n4c5ccccc5c5c6c(ccc54)C(c4ccccc4)(c4ccccc4)c4ccccc4-6)c3)n2)cc1. The average Bonchev–Trinajstić information content (AvgIpc) is 3.78. The number of aromatic nitrogens is 4. The standard InChI is InChI=1S/C52H34N4/c1-5-18-35(19-6-1)49-53-50(36-20-7-2-8-21-36)55-51(54-49)37-22-17-27-40(34-37)56-45-31-16-14-29-42(45)48-46(56)33-32-44-47(48)41-28-13-15-30-43(41)52(44,38-23-9-3-10-24-38)39-25-11-4-12-26-39/h1-34H. The first-order valence-electron chi connectivity index (χ1n) is 19.0. The van der Waals surface area contributed by atoms with E-state index in [0.717, 1.165) is 33.4 Å². The van der Waals surface area contributed by atoms with Gasteiger partial charge in [0.15, 0.2) is 17.5 Å². The number of benzene rings is 8. The Morgan fingerprint density at radius 1 is 0.375 bits per heavy atom. The number of hydrogen-bond donors (Lipinski definition) is 0. The summed E-state index contributed by atoms with van der Waals surface area (Å²) in [7, 11) is 0. The van der Waals surface area contributed by atoms with Crippen molar-refractivity contribution >= 4 is 21.8 Å². The zero-order valence-corrected chi connectivity index (χ0v) is 30.4. The Balaban J connectivity index is 1.16. The Kier molecular flexibility index (Phi) is 7.36. The first-order valence-corrected chi connectivity index (χ1v) is 19.0. The first-order chi connectivity index (χ1) is 27.8. The van der Waals surface area contributed by atoms with E-state index in [0.29, 0.717) is 17.5 Å². The van der Waals surface area contributed by atoms with Gasteiger partial charge >= 0.3 is 0 Å². The summed E-state index contributed by atoms with van der Waals surface area (Å²) >= 11 is 0. The Morgan fingerprint density at radius 2 is 0.893 bits per heavy atom. The van der Waals surface area contributed by atoms with E-state index in [-0.39, 0.29) is 0 Å². The van der Waals surface area contributed by atoms with E-state index in [1.807, 2.05) is 60.7 Å². The van der Waals surface area contributed by atoms with Gasteiger partial charge in [-0.25, -0.2) is 15.0 Å². The topological polar surface area (TPSA) is 43.6 Å². The average molecular weight is 715 g/mol. The first kappa shape index (κ1) is 32.0. The number of hydrogen-bond acceptors (Lipinski definition) is 3. The molecule has 0 unspecified atom stereocenters. The van der Waals surface area contributed by atoms with Crippen LogP contribution in [-0.2, 0) is 5.41 Å². The third-order valence-corrected chi connectivity index (χ3v) is 11.3. The van der Waals surface area contributed by atoms with E-state index in [2.05, 4.69) is 150 Å². The second kappa shape index (κ2) is 12.9. The third-order valence-electron chi connectivity index (χ3n) is 11.3. The molecule has 2 heterocycles. The van der Waals surface area contributed by atoms with Crippen LogP contribution in [0, 0.1) is 0 Å². The summed E-state index contributed by atoms with van der Waals surface area (Å²) in [5, 5.41) is 2.47. The largest absolute Gasteiger partial charge is 0.309 e. The predicted molar refractivity (Wildman–Crippen MR) is 228 cm³/mol. The Bertz CT molecular complexity index is 2960. The Labute approximate surface area is 325 Å². The summed E-state index contributed by atoms with van der Waals surface area (Å²) in [6, 6.07) is 73.4. The third kappa shape index (κ3) is 4.83. The number of para-hydroxylation sites is 1. The molecule has 2 aromatic heterocycles. The van der Waals surface area contributed by atoms with Crippen LogP contribution in [0.25, 0.3) is 72.8 Å². The molecule has 4 nitrogen and oxygen atoms in total. The fourth-order valence-electron chi connectivity index (χ4n) is 8.99. The van der Waals surface area contributed by atoms with Crippen LogP contribution in [0.1, 0.15) is 22.3 Å². The van der Waals surface area contributed by atoms with Crippen LogP contribution in [0.15, 0.2) is 206 Å². The highest BCUT2D eigenvalue weighted by atomic mass is 15.0. The summed E-state index contributed by atoms with van der Waals surface area (Å²) in [6.07, 6.45) is 0. The van der Waals surface area contributed by atoms with Crippen molar-refractivity contribution in [1.29, 1.82) is 0 Å². The minimum absolute atomic E-state index is 0.475. The van der Waals surface area contributed by atoms with E-state index in [9.17, 15) is 0 Å². The molecule has 0 spiro atoms. The van der Waals surface area contributed by atoms with E-state index >= 15 is 0 Å². The second-order valence-corrected chi connectivity index (χ2v) is 14.4. The highest BCUT2D eigenvalue weighted by Crippen LogP contribution is 2.58. The van der Waals surface area contributed by atoms with Crippen molar-refractivity contribution in [2.24, 2.45) is 0 Å². The van der Waals surface area contributed by atoms with Crippen molar-refractivity contribution in [3.63, 3.8) is 0 Å². The zero-order valence-electron chi connectivity index (χ0n) is 30.4. The van der Waals surface area contributed by atoms with Crippen LogP contribution in [0.4, 0.5) is 0 Å². The lowest BCUT2D eigenvalue weighted by atomic mass is 9.67. The van der Waals surface area contributed by atoms with Gasteiger partial charge in [-0.2, -0.15) is 0 Å². The van der Waals surface area contributed by atoms with Gasteiger partial charge in [-0.1, -0.05) is 182 Å². The van der Waals surface area contributed by atoms with E-state index < -0.39 is 5.41 Å². The molecule has 0 atom stereocenters. The highest BCUT2D eigenvalue weighted by Gasteiger charge is 2.47. The maximum Gasteiger partial charge on any atom is 0.164 e. The van der Waals surface area contributed by atoms with Gasteiger partial charge in [-0.3, -0.25) is 0 Å². The molecule has 56 heavy (non-hydrogen) atoms. The molecular weight excluding hydrogens is 681 g/mol. The molecule has 0 radical (unpaired) electrons.